The molecule has 0 saturated carbocycles. The number of carbonyl (C=O) groups excluding carboxylic acids is 2. The Morgan fingerprint density at radius 3 is 2.95 bits per heavy atom. The lowest BCUT2D eigenvalue weighted by Gasteiger charge is -2.31. The summed E-state index contributed by atoms with van der Waals surface area (Å²) in [4.78, 5) is 25.9. The topological polar surface area (TPSA) is 46.6 Å². The fourth-order valence-electron chi connectivity index (χ4n) is 2.59. The Bertz CT molecular complexity index is 518. The fourth-order valence-corrected chi connectivity index (χ4v) is 3.04. The maximum atomic E-state index is 12.4. The van der Waals surface area contributed by atoms with Crippen molar-refractivity contribution in [2.24, 2.45) is 5.92 Å². The molecule has 1 saturated heterocycles. The van der Waals surface area contributed by atoms with Crippen LogP contribution >= 0.6 is 15.9 Å². The number of hydrogen-bond donors (Lipinski definition) is 0. The van der Waals surface area contributed by atoms with Gasteiger partial charge in [-0.2, -0.15) is 0 Å². The van der Waals surface area contributed by atoms with E-state index >= 15 is 0 Å². The second-order valence-corrected chi connectivity index (χ2v) is 6.15. The van der Waals surface area contributed by atoms with Crippen molar-refractivity contribution in [3.63, 3.8) is 0 Å². The molecule has 0 bridgehead atoms. The van der Waals surface area contributed by atoms with Gasteiger partial charge in [0.2, 0.25) is 5.91 Å². The summed E-state index contributed by atoms with van der Waals surface area (Å²) in [6.07, 6.45) is 2.03. The third-order valence-corrected chi connectivity index (χ3v) is 4.13. The summed E-state index contributed by atoms with van der Waals surface area (Å²) in [6.45, 7) is 3.40. The summed E-state index contributed by atoms with van der Waals surface area (Å²) in [5.74, 6) is -0.287. The molecule has 0 N–H and O–H groups in total. The maximum Gasteiger partial charge on any atom is 0.310 e. The zero-order chi connectivity index (χ0) is 15.2. The molecule has 0 spiro atoms. The molecule has 1 aromatic rings. The average molecular weight is 354 g/mol. The Morgan fingerprint density at radius 1 is 1.43 bits per heavy atom. The third-order valence-electron chi connectivity index (χ3n) is 3.64. The Kier molecular flexibility index (Phi) is 5.79. The van der Waals surface area contributed by atoms with Gasteiger partial charge in [0, 0.05) is 17.6 Å². The van der Waals surface area contributed by atoms with Gasteiger partial charge in [-0.25, -0.2) is 0 Å². The molecule has 1 aliphatic rings. The van der Waals surface area contributed by atoms with Crippen LogP contribution in [0, 0.1) is 5.92 Å². The highest BCUT2D eigenvalue weighted by atomic mass is 79.9. The van der Waals surface area contributed by atoms with Crippen molar-refractivity contribution in [3.8, 4) is 0 Å². The van der Waals surface area contributed by atoms with E-state index in [0.717, 1.165) is 29.4 Å². The van der Waals surface area contributed by atoms with E-state index in [9.17, 15) is 9.59 Å². The highest BCUT2D eigenvalue weighted by Gasteiger charge is 2.29. The second kappa shape index (κ2) is 7.59. The number of carbonyl (C=O) groups is 2. The first-order valence-corrected chi connectivity index (χ1v) is 8.08. The number of hydrogen-bond acceptors (Lipinski definition) is 3. The Balaban J connectivity index is 1.94. The van der Waals surface area contributed by atoms with Crippen LogP contribution in [0.3, 0.4) is 0 Å². The molecular weight excluding hydrogens is 334 g/mol. The Labute approximate surface area is 133 Å². The van der Waals surface area contributed by atoms with Gasteiger partial charge in [0.05, 0.1) is 18.9 Å². The number of halogens is 1. The van der Waals surface area contributed by atoms with Crippen molar-refractivity contribution in [1.29, 1.82) is 0 Å². The summed E-state index contributed by atoms with van der Waals surface area (Å²) in [6, 6.07) is 7.75. The van der Waals surface area contributed by atoms with Crippen LogP contribution in [0.15, 0.2) is 28.7 Å². The molecule has 1 aliphatic heterocycles. The standard InChI is InChI=1S/C16H20BrNO3/c1-2-21-16(20)13-6-4-8-18(11-13)15(19)10-12-5-3-7-14(17)9-12/h3,5,7,9,13H,2,4,6,8,10-11H2,1H3. The predicted octanol–water partition coefficient (Wildman–Crippen LogP) is 2.79. The van der Waals surface area contributed by atoms with Gasteiger partial charge in [0.15, 0.2) is 0 Å². The summed E-state index contributed by atoms with van der Waals surface area (Å²) < 4.78 is 6.03. The molecule has 1 heterocycles. The van der Waals surface area contributed by atoms with Crippen LogP contribution < -0.4 is 0 Å². The van der Waals surface area contributed by atoms with E-state index in [0.29, 0.717) is 19.6 Å². The van der Waals surface area contributed by atoms with Crippen LogP contribution in [-0.4, -0.2) is 36.5 Å². The average Bonchev–Trinajstić information content (AvgIpc) is 2.47. The van der Waals surface area contributed by atoms with Crippen molar-refractivity contribution in [2.75, 3.05) is 19.7 Å². The molecule has 5 heteroatoms. The van der Waals surface area contributed by atoms with Crippen LogP contribution in [0.5, 0.6) is 0 Å². The smallest absolute Gasteiger partial charge is 0.310 e. The van der Waals surface area contributed by atoms with Gasteiger partial charge >= 0.3 is 5.97 Å². The van der Waals surface area contributed by atoms with Gasteiger partial charge in [-0.3, -0.25) is 9.59 Å². The highest BCUT2D eigenvalue weighted by molar-refractivity contribution is 9.10. The van der Waals surface area contributed by atoms with E-state index in [1.165, 1.54) is 0 Å². The minimum absolute atomic E-state index is 0.0714. The Morgan fingerprint density at radius 2 is 2.24 bits per heavy atom. The molecule has 0 aromatic heterocycles. The first-order valence-electron chi connectivity index (χ1n) is 7.29. The van der Waals surface area contributed by atoms with E-state index in [2.05, 4.69) is 15.9 Å². The van der Waals surface area contributed by atoms with Crippen LogP contribution in [0.1, 0.15) is 25.3 Å². The number of piperidine rings is 1. The molecule has 2 rings (SSSR count). The van der Waals surface area contributed by atoms with Gasteiger partial charge < -0.3 is 9.64 Å². The number of amides is 1. The van der Waals surface area contributed by atoms with E-state index < -0.39 is 0 Å². The van der Waals surface area contributed by atoms with Crippen molar-refractivity contribution < 1.29 is 14.3 Å². The fraction of sp³-hybridized carbons (Fsp3) is 0.500. The molecule has 1 atom stereocenters. The molecule has 1 aromatic carbocycles. The molecule has 0 aliphatic carbocycles. The summed E-state index contributed by atoms with van der Waals surface area (Å²) in [7, 11) is 0. The van der Waals surface area contributed by atoms with E-state index in [1.54, 1.807) is 11.8 Å². The van der Waals surface area contributed by atoms with Gasteiger partial charge in [-0.05, 0) is 37.5 Å². The number of ether oxygens (including phenoxy) is 1. The van der Waals surface area contributed by atoms with Gasteiger partial charge in [-0.15, -0.1) is 0 Å². The zero-order valence-electron chi connectivity index (χ0n) is 12.2. The normalized spacial score (nSPS) is 18.4. The van der Waals surface area contributed by atoms with E-state index in [-0.39, 0.29) is 17.8 Å². The number of likely N-dealkylation sites (tertiary alicyclic amines) is 1. The van der Waals surface area contributed by atoms with Crippen molar-refractivity contribution in [1.82, 2.24) is 4.90 Å². The van der Waals surface area contributed by atoms with Crippen molar-refractivity contribution in [3.05, 3.63) is 34.3 Å². The largest absolute Gasteiger partial charge is 0.466 e. The van der Waals surface area contributed by atoms with E-state index in [1.807, 2.05) is 24.3 Å². The van der Waals surface area contributed by atoms with Crippen molar-refractivity contribution in [2.45, 2.75) is 26.2 Å². The number of nitrogens with zero attached hydrogens (tertiary/aromatic N) is 1. The molecule has 1 fully saturated rings. The summed E-state index contributed by atoms with van der Waals surface area (Å²) in [5, 5.41) is 0. The monoisotopic (exact) mass is 353 g/mol. The van der Waals surface area contributed by atoms with Crippen molar-refractivity contribution >= 4 is 27.8 Å². The third kappa shape index (κ3) is 4.56. The van der Waals surface area contributed by atoms with Crippen LogP contribution in [0.25, 0.3) is 0 Å². The second-order valence-electron chi connectivity index (χ2n) is 5.24. The van der Waals surface area contributed by atoms with Gasteiger partial charge in [0.1, 0.15) is 0 Å². The highest BCUT2D eigenvalue weighted by Crippen LogP contribution is 2.19. The van der Waals surface area contributed by atoms with Gasteiger partial charge in [-0.1, -0.05) is 28.1 Å². The quantitative estimate of drug-likeness (QED) is 0.782. The molecule has 21 heavy (non-hydrogen) atoms. The zero-order valence-corrected chi connectivity index (χ0v) is 13.8. The Hall–Kier alpha value is -1.36. The first-order chi connectivity index (χ1) is 10.1. The maximum absolute atomic E-state index is 12.4. The molecular formula is C16H20BrNO3. The van der Waals surface area contributed by atoms with Crippen LogP contribution in [-0.2, 0) is 20.7 Å². The molecule has 1 amide bonds. The summed E-state index contributed by atoms with van der Waals surface area (Å²) >= 11 is 3.41. The molecule has 1 unspecified atom stereocenters. The number of benzene rings is 1. The predicted molar refractivity (Wildman–Crippen MR) is 83.8 cm³/mol. The van der Waals surface area contributed by atoms with Crippen LogP contribution in [0.2, 0.25) is 0 Å². The molecule has 4 nitrogen and oxygen atoms in total. The number of rotatable bonds is 4. The summed E-state index contributed by atoms with van der Waals surface area (Å²) in [5.41, 5.74) is 0.979. The molecule has 114 valence electrons. The molecule has 0 radical (unpaired) electrons. The lowest BCUT2D eigenvalue weighted by Crippen LogP contribution is -2.43. The minimum Gasteiger partial charge on any atom is -0.466 e. The van der Waals surface area contributed by atoms with Crippen LogP contribution in [0.4, 0.5) is 0 Å². The van der Waals surface area contributed by atoms with Gasteiger partial charge in [0.25, 0.3) is 0 Å². The lowest BCUT2D eigenvalue weighted by atomic mass is 9.97. The SMILES string of the molecule is CCOC(=O)C1CCCN(C(=O)Cc2cccc(Br)c2)C1. The van der Waals surface area contributed by atoms with E-state index in [4.69, 9.17) is 4.74 Å². The lowest BCUT2D eigenvalue weighted by molar-refractivity contribution is -0.151. The minimum atomic E-state index is -0.183. The number of esters is 1. The first kappa shape index (κ1) is 16.0.